The van der Waals surface area contributed by atoms with Crippen LogP contribution in [-0.2, 0) is 9.47 Å². The largest absolute Gasteiger partial charge is 0.467 e. The second-order valence-electron chi connectivity index (χ2n) is 6.42. The molecule has 0 radical (unpaired) electrons. The summed E-state index contributed by atoms with van der Waals surface area (Å²) in [5.41, 5.74) is 1.96. The molecular weight excluding hydrogens is 428 g/mol. The van der Waals surface area contributed by atoms with Crippen molar-refractivity contribution in [3.05, 3.63) is 71.6 Å². The number of benzene rings is 2. The molecule has 0 bridgehead atoms. The lowest BCUT2D eigenvalue weighted by atomic mass is 10.0. The number of carbonyl (C=O) groups is 1. The quantitative estimate of drug-likeness (QED) is 0.240. The monoisotopic (exact) mass is 457 g/mol. The molecule has 3 rings (SSSR count). The van der Waals surface area contributed by atoms with Crippen molar-refractivity contribution in [3.63, 3.8) is 0 Å². The van der Waals surface area contributed by atoms with Crippen molar-refractivity contribution in [2.45, 2.75) is 28.7 Å². The highest BCUT2D eigenvalue weighted by Crippen LogP contribution is 2.31. The van der Waals surface area contributed by atoms with Gasteiger partial charge in [-0.1, -0.05) is 32.9 Å². The summed E-state index contributed by atoms with van der Waals surface area (Å²) in [4.78, 5) is 12.2. The van der Waals surface area contributed by atoms with Gasteiger partial charge in [-0.2, -0.15) is 0 Å². The van der Waals surface area contributed by atoms with Crippen molar-refractivity contribution in [2.75, 3.05) is 20.5 Å². The van der Waals surface area contributed by atoms with E-state index < -0.39 is 17.6 Å². The predicted molar refractivity (Wildman–Crippen MR) is 126 cm³/mol. The van der Waals surface area contributed by atoms with Gasteiger partial charge in [-0.15, -0.1) is 5.92 Å². The fraction of sp³-hybridized carbons (Fsp3) is 0.269. The van der Waals surface area contributed by atoms with Crippen LogP contribution in [0.1, 0.15) is 44.6 Å². The summed E-state index contributed by atoms with van der Waals surface area (Å²) in [6.45, 7) is 3.54. The molecule has 33 heavy (non-hydrogen) atoms. The fourth-order valence-electron chi connectivity index (χ4n) is 3.06. The minimum Gasteiger partial charge on any atom is -0.467 e. The van der Waals surface area contributed by atoms with Crippen molar-refractivity contribution in [1.29, 1.82) is 0 Å². The van der Waals surface area contributed by atoms with Crippen LogP contribution in [0.5, 0.6) is 5.75 Å². The maximum atomic E-state index is 14.4. The summed E-state index contributed by atoms with van der Waals surface area (Å²) >= 11 is 0. The molecule has 2 aromatic carbocycles. The van der Waals surface area contributed by atoms with Gasteiger partial charge < -0.3 is 18.8 Å². The summed E-state index contributed by atoms with van der Waals surface area (Å²) in [5.74, 6) is 3.58. The van der Waals surface area contributed by atoms with Crippen molar-refractivity contribution < 1.29 is 27.8 Å². The third kappa shape index (κ3) is 5.99. The normalized spacial score (nSPS) is 9.73. The molecule has 5 nitrogen and oxygen atoms in total. The minimum absolute atomic E-state index is 0. The maximum absolute atomic E-state index is 14.4. The van der Waals surface area contributed by atoms with Gasteiger partial charge in [0.25, 0.3) is 0 Å². The number of rotatable bonds is 7. The summed E-state index contributed by atoms with van der Waals surface area (Å²) < 4.78 is 45.5. The van der Waals surface area contributed by atoms with Gasteiger partial charge in [0.1, 0.15) is 11.3 Å². The highest BCUT2D eigenvalue weighted by molar-refractivity contribution is 5.93. The first-order chi connectivity index (χ1) is 15.0. The minimum atomic E-state index is -0.943. The van der Waals surface area contributed by atoms with Crippen LogP contribution in [0.2, 0.25) is 0 Å². The number of halogens is 2. The van der Waals surface area contributed by atoms with Crippen LogP contribution >= 0.6 is 0 Å². The Morgan fingerprint density at radius 2 is 1.85 bits per heavy atom. The van der Waals surface area contributed by atoms with Crippen LogP contribution in [0.15, 0.2) is 48.8 Å². The topological polar surface area (TPSA) is 49.7 Å². The fourth-order valence-corrected chi connectivity index (χ4v) is 3.06. The highest BCUT2D eigenvalue weighted by Gasteiger charge is 2.18. The Balaban J connectivity index is 0.00000272. The van der Waals surface area contributed by atoms with Gasteiger partial charge in [-0.05, 0) is 32.0 Å². The van der Waals surface area contributed by atoms with Crippen LogP contribution < -0.4 is 4.74 Å². The zero-order valence-electron chi connectivity index (χ0n) is 17.4. The van der Waals surface area contributed by atoms with E-state index in [0.717, 1.165) is 6.07 Å². The molecule has 3 aromatic rings. The summed E-state index contributed by atoms with van der Waals surface area (Å²) in [5, 5.41) is 0. The third-order valence-electron chi connectivity index (χ3n) is 4.42. The van der Waals surface area contributed by atoms with Crippen molar-refractivity contribution in [2.24, 2.45) is 0 Å². The first kappa shape index (κ1) is 27.4. The SMILES string of the molecule is C.C.CC#Cc1cn(-c2ccc(C(=O)OCC)c(OCOC)c2)cc1-c1cccc(F)c1F. The number of hydrogen-bond donors (Lipinski definition) is 0. The van der Waals surface area contributed by atoms with E-state index >= 15 is 0 Å². The molecule has 176 valence electrons. The number of hydrogen-bond acceptors (Lipinski definition) is 4. The molecule has 1 aromatic heterocycles. The number of esters is 1. The van der Waals surface area contributed by atoms with E-state index in [2.05, 4.69) is 11.8 Å². The van der Waals surface area contributed by atoms with E-state index in [4.69, 9.17) is 14.2 Å². The van der Waals surface area contributed by atoms with Gasteiger partial charge in [-0.3, -0.25) is 0 Å². The second-order valence-corrected chi connectivity index (χ2v) is 6.42. The Morgan fingerprint density at radius 1 is 1.09 bits per heavy atom. The molecule has 0 unspecified atom stereocenters. The van der Waals surface area contributed by atoms with Gasteiger partial charge in [0.15, 0.2) is 18.4 Å². The Morgan fingerprint density at radius 3 is 2.52 bits per heavy atom. The van der Waals surface area contributed by atoms with Crippen LogP contribution in [0.25, 0.3) is 16.8 Å². The Labute approximate surface area is 193 Å². The molecule has 0 spiro atoms. The number of ether oxygens (including phenoxy) is 3. The van der Waals surface area contributed by atoms with Crippen LogP contribution in [-0.4, -0.2) is 31.0 Å². The van der Waals surface area contributed by atoms with E-state index in [1.807, 2.05) is 0 Å². The van der Waals surface area contributed by atoms with Crippen molar-refractivity contribution in [1.82, 2.24) is 4.57 Å². The van der Waals surface area contributed by atoms with Crippen molar-refractivity contribution in [3.8, 4) is 34.4 Å². The first-order valence-electron chi connectivity index (χ1n) is 9.52. The standard InChI is InChI=1S/C24H21F2NO4.2CH4/c1-4-7-16-13-27(14-20(16)18-8-6-9-21(25)23(18)26)17-10-11-19(24(28)30-5-2)22(12-17)31-15-29-3;;/h6,8-14H,5,15H2,1-3H3;2*1H4. The maximum Gasteiger partial charge on any atom is 0.341 e. The molecule has 0 atom stereocenters. The van der Waals surface area contributed by atoms with Crippen molar-refractivity contribution >= 4 is 5.97 Å². The summed E-state index contributed by atoms with van der Waals surface area (Å²) in [7, 11) is 1.47. The third-order valence-corrected chi connectivity index (χ3v) is 4.42. The van der Waals surface area contributed by atoms with E-state index in [0.29, 0.717) is 16.8 Å². The zero-order valence-corrected chi connectivity index (χ0v) is 17.4. The molecular formula is C26H29F2NO4. The van der Waals surface area contributed by atoms with E-state index in [1.54, 1.807) is 49.0 Å². The first-order valence-corrected chi connectivity index (χ1v) is 9.52. The molecule has 7 heteroatoms. The lowest BCUT2D eigenvalue weighted by molar-refractivity contribution is 0.0438. The lowest BCUT2D eigenvalue weighted by Gasteiger charge is -2.12. The molecule has 0 saturated carbocycles. The van der Waals surface area contributed by atoms with Crippen LogP contribution in [0.4, 0.5) is 8.78 Å². The average molecular weight is 458 g/mol. The number of carbonyl (C=O) groups excluding carboxylic acids is 1. The van der Waals surface area contributed by atoms with Crippen LogP contribution in [0, 0.1) is 23.5 Å². The lowest BCUT2D eigenvalue weighted by Crippen LogP contribution is -2.10. The van der Waals surface area contributed by atoms with Gasteiger partial charge in [-0.25, -0.2) is 13.6 Å². The van der Waals surface area contributed by atoms with E-state index in [1.165, 1.54) is 19.2 Å². The van der Waals surface area contributed by atoms with Gasteiger partial charge in [0, 0.05) is 42.4 Å². The average Bonchev–Trinajstić information content (AvgIpc) is 3.18. The second kappa shape index (κ2) is 12.4. The molecule has 0 aliphatic rings. The van der Waals surface area contributed by atoms with E-state index in [-0.39, 0.29) is 45.1 Å². The molecule has 0 amide bonds. The zero-order chi connectivity index (χ0) is 22.4. The Bertz CT molecular complexity index is 1160. The van der Waals surface area contributed by atoms with Crippen LogP contribution in [0.3, 0.4) is 0 Å². The molecule has 0 aliphatic heterocycles. The molecule has 0 fully saturated rings. The predicted octanol–water partition coefficient (Wildman–Crippen LogP) is 6.23. The molecule has 0 aliphatic carbocycles. The number of nitrogens with zero attached hydrogens (tertiary/aromatic N) is 1. The molecule has 0 saturated heterocycles. The Kier molecular flexibility index (Phi) is 10.3. The van der Waals surface area contributed by atoms with E-state index in [9.17, 15) is 13.6 Å². The molecule has 1 heterocycles. The van der Waals surface area contributed by atoms with Gasteiger partial charge in [0.2, 0.25) is 0 Å². The smallest absolute Gasteiger partial charge is 0.341 e. The number of methoxy groups -OCH3 is 1. The van der Waals surface area contributed by atoms with Gasteiger partial charge in [0.05, 0.1) is 12.2 Å². The van der Waals surface area contributed by atoms with Gasteiger partial charge >= 0.3 is 5.97 Å². The summed E-state index contributed by atoms with van der Waals surface area (Å²) in [6, 6.07) is 8.91. The summed E-state index contributed by atoms with van der Waals surface area (Å²) in [6.07, 6.45) is 3.35. The number of aromatic nitrogens is 1. The Hall–Kier alpha value is -3.63. The molecule has 0 N–H and O–H groups in total. The highest BCUT2D eigenvalue weighted by atomic mass is 19.2.